The van der Waals surface area contributed by atoms with Gasteiger partial charge >= 0.3 is 5.97 Å². The Morgan fingerprint density at radius 2 is 2.00 bits per heavy atom. The molecule has 0 saturated carbocycles. The summed E-state index contributed by atoms with van der Waals surface area (Å²) in [5.74, 6) is 0.586. The van der Waals surface area contributed by atoms with Gasteiger partial charge in [0.1, 0.15) is 11.5 Å². The van der Waals surface area contributed by atoms with Crippen LogP contribution in [0.1, 0.15) is 42.1 Å². The third kappa shape index (κ3) is 3.94. The molecule has 0 unspecified atom stereocenters. The van der Waals surface area contributed by atoms with Crippen molar-refractivity contribution in [3.8, 4) is 0 Å². The number of ether oxygens (including phenoxy) is 1. The molecule has 1 heterocycles. The first-order valence-corrected chi connectivity index (χ1v) is 7.91. The average molecular weight is 351 g/mol. The molecule has 0 radical (unpaired) electrons. The first-order chi connectivity index (χ1) is 10.2. The van der Waals surface area contributed by atoms with Crippen molar-refractivity contribution in [2.75, 3.05) is 6.61 Å². The predicted molar refractivity (Wildman–Crippen MR) is 85.4 cm³/mol. The third-order valence-corrected chi connectivity index (χ3v) is 3.67. The van der Waals surface area contributed by atoms with E-state index in [1.807, 2.05) is 16.7 Å². The molecule has 0 N–H and O–H groups in total. The van der Waals surface area contributed by atoms with Crippen LogP contribution < -0.4 is 0 Å². The van der Waals surface area contributed by atoms with Gasteiger partial charge < -0.3 is 9.30 Å². The molecule has 0 aliphatic carbocycles. The van der Waals surface area contributed by atoms with Crippen LogP contribution >= 0.6 is 15.9 Å². The van der Waals surface area contributed by atoms with Crippen LogP contribution in [-0.2, 0) is 17.7 Å². The number of rotatable bonds is 6. The molecule has 5 heteroatoms. The summed E-state index contributed by atoms with van der Waals surface area (Å²) in [6.07, 6.45) is 3.25. The monoisotopic (exact) mass is 350 g/mol. The van der Waals surface area contributed by atoms with E-state index < -0.39 is 0 Å². The smallest absolute Gasteiger partial charge is 0.356 e. The SMILES string of the molecule is CCCn1c(C(=O)OCC)cnc1Cc1ccc(Br)cc1. The third-order valence-electron chi connectivity index (χ3n) is 3.15. The number of benzene rings is 1. The second kappa shape index (κ2) is 7.41. The topological polar surface area (TPSA) is 44.1 Å². The number of carbonyl (C=O) groups excluding carboxylic acids is 1. The van der Waals surface area contributed by atoms with Crippen LogP contribution in [0.3, 0.4) is 0 Å². The van der Waals surface area contributed by atoms with Crippen LogP contribution in [0.5, 0.6) is 0 Å². The fourth-order valence-corrected chi connectivity index (χ4v) is 2.45. The van der Waals surface area contributed by atoms with Crippen molar-refractivity contribution >= 4 is 21.9 Å². The van der Waals surface area contributed by atoms with Crippen molar-refractivity contribution in [3.05, 3.63) is 52.0 Å². The summed E-state index contributed by atoms with van der Waals surface area (Å²) in [7, 11) is 0. The summed E-state index contributed by atoms with van der Waals surface area (Å²) in [5.41, 5.74) is 1.70. The van der Waals surface area contributed by atoms with Crippen molar-refractivity contribution in [2.45, 2.75) is 33.2 Å². The second-order valence-electron chi connectivity index (χ2n) is 4.74. The van der Waals surface area contributed by atoms with E-state index in [2.05, 4.69) is 40.0 Å². The lowest BCUT2D eigenvalue weighted by atomic mass is 10.1. The largest absolute Gasteiger partial charge is 0.461 e. The normalized spacial score (nSPS) is 10.6. The fraction of sp³-hybridized carbons (Fsp3) is 0.375. The maximum Gasteiger partial charge on any atom is 0.356 e. The lowest BCUT2D eigenvalue weighted by Crippen LogP contribution is -2.14. The van der Waals surface area contributed by atoms with Gasteiger partial charge in [0.25, 0.3) is 0 Å². The highest BCUT2D eigenvalue weighted by molar-refractivity contribution is 9.10. The minimum Gasteiger partial charge on any atom is -0.461 e. The molecule has 112 valence electrons. The van der Waals surface area contributed by atoms with Gasteiger partial charge in [-0.2, -0.15) is 0 Å². The number of aromatic nitrogens is 2. The standard InChI is InChI=1S/C16H19BrN2O2/c1-3-9-19-14(16(20)21-4-2)11-18-15(19)10-12-5-7-13(17)8-6-12/h5-8,11H,3-4,9-10H2,1-2H3. The lowest BCUT2D eigenvalue weighted by Gasteiger charge is -2.10. The molecule has 0 saturated heterocycles. The Labute approximate surface area is 133 Å². The molecule has 0 aliphatic rings. The van der Waals surface area contributed by atoms with Crippen LogP contribution in [0.15, 0.2) is 34.9 Å². The zero-order valence-electron chi connectivity index (χ0n) is 12.3. The van der Waals surface area contributed by atoms with E-state index >= 15 is 0 Å². The Kier molecular flexibility index (Phi) is 5.56. The first-order valence-electron chi connectivity index (χ1n) is 7.11. The van der Waals surface area contributed by atoms with E-state index in [1.165, 1.54) is 0 Å². The summed E-state index contributed by atoms with van der Waals surface area (Å²) in [6.45, 7) is 5.03. The molecule has 21 heavy (non-hydrogen) atoms. The number of carbonyl (C=O) groups is 1. The van der Waals surface area contributed by atoms with Crippen LogP contribution in [-0.4, -0.2) is 22.1 Å². The zero-order chi connectivity index (χ0) is 15.2. The number of esters is 1. The van der Waals surface area contributed by atoms with Crippen molar-refractivity contribution in [2.24, 2.45) is 0 Å². The molecule has 0 bridgehead atoms. The van der Waals surface area contributed by atoms with Crippen molar-refractivity contribution in [3.63, 3.8) is 0 Å². The Morgan fingerprint density at radius 3 is 2.62 bits per heavy atom. The van der Waals surface area contributed by atoms with Crippen LogP contribution in [0.2, 0.25) is 0 Å². The minimum atomic E-state index is -0.305. The molecule has 0 atom stereocenters. The Hall–Kier alpha value is -1.62. The predicted octanol–water partition coefficient (Wildman–Crippen LogP) is 3.82. The highest BCUT2D eigenvalue weighted by atomic mass is 79.9. The molecule has 1 aromatic carbocycles. The fourth-order valence-electron chi connectivity index (χ4n) is 2.18. The highest BCUT2D eigenvalue weighted by Gasteiger charge is 2.17. The number of hydrogen-bond acceptors (Lipinski definition) is 3. The van der Waals surface area contributed by atoms with Gasteiger partial charge in [-0.15, -0.1) is 0 Å². The summed E-state index contributed by atoms with van der Waals surface area (Å²) in [4.78, 5) is 16.4. The zero-order valence-corrected chi connectivity index (χ0v) is 13.9. The minimum absolute atomic E-state index is 0.305. The molecule has 4 nitrogen and oxygen atoms in total. The maximum atomic E-state index is 12.0. The number of imidazole rings is 1. The Bertz CT molecular complexity index is 605. The Balaban J connectivity index is 2.26. The first kappa shape index (κ1) is 15.8. The van der Waals surface area contributed by atoms with Gasteiger partial charge in [-0.25, -0.2) is 9.78 Å². The van der Waals surface area contributed by atoms with E-state index in [-0.39, 0.29) is 5.97 Å². The Morgan fingerprint density at radius 1 is 1.29 bits per heavy atom. The van der Waals surface area contributed by atoms with Gasteiger partial charge in [0.05, 0.1) is 12.8 Å². The molecule has 2 aromatic rings. The average Bonchev–Trinajstić information content (AvgIpc) is 2.85. The van der Waals surface area contributed by atoms with Gasteiger partial charge in [0.2, 0.25) is 0 Å². The van der Waals surface area contributed by atoms with Gasteiger partial charge in [-0.05, 0) is 31.0 Å². The van der Waals surface area contributed by atoms with E-state index in [1.54, 1.807) is 13.1 Å². The van der Waals surface area contributed by atoms with E-state index in [9.17, 15) is 4.79 Å². The van der Waals surface area contributed by atoms with E-state index in [4.69, 9.17) is 4.74 Å². The van der Waals surface area contributed by atoms with Gasteiger partial charge in [-0.3, -0.25) is 0 Å². The van der Waals surface area contributed by atoms with Gasteiger partial charge in [0.15, 0.2) is 0 Å². The highest BCUT2D eigenvalue weighted by Crippen LogP contribution is 2.16. The molecule has 0 spiro atoms. The number of hydrogen-bond donors (Lipinski definition) is 0. The summed E-state index contributed by atoms with van der Waals surface area (Å²) in [6, 6.07) is 8.13. The summed E-state index contributed by atoms with van der Waals surface area (Å²) >= 11 is 3.43. The molecule has 2 rings (SSSR count). The van der Waals surface area contributed by atoms with Crippen LogP contribution in [0, 0.1) is 0 Å². The molecule has 0 fully saturated rings. The molecule has 0 amide bonds. The second-order valence-corrected chi connectivity index (χ2v) is 5.65. The summed E-state index contributed by atoms with van der Waals surface area (Å²) < 4.78 is 8.10. The van der Waals surface area contributed by atoms with E-state index in [0.717, 1.165) is 28.8 Å². The molecular weight excluding hydrogens is 332 g/mol. The summed E-state index contributed by atoms with van der Waals surface area (Å²) in [5, 5.41) is 0. The van der Waals surface area contributed by atoms with Crippen molar-refractivity contribution in [1.82, 2.24) is 9.55 Å². The number of halogens is 1. The van der Waals surface area contributed by atoms with Crippen LogP contribution in [0.4, 0.5) is 0 Å². The van der Waals surface area contributed by atoms with E-state index in [0.29, 0.717) is 18.7 Å². The van der Waals surface area contributed by atoms with Crippen molar-refractivity contribution in [1.29, 1.82) is 0 Å². The molecular formula is C16H19BrN2O2. The molecule has 1 aromatic heterocycles. The molecule has 0 aliphatic heterocycles. The van der Waals surface area contributed by atoms with Gasteiger partial charge in [0, 0.05) is 17.4 Å². The van der Waals surface area contributed by atoms with Gasteiger partial charge in [-0.1, -0.05) is 35.0 Å². The maximum absolute atomic E-state index is 12.0. The van der Waals surface area contributed by atoms with Crippen LogP contribution in [0.25, 0.3) is 0 Å². The quantitative estimate of drug-likeness (QED) is 0.743. The van der Waals surface area contributed by atoms with Crippen molar-refractivity contribution < 1.29 is 9.53 Å². The number of nitrogens with zero attached hydrogens (tertiary/aromatic N) is 2. The lowest BCUT2D eigenvalue weighted by molar-refractivity contribution is 0.0513.